The lowest BCUT2D eigenvalue weighted by Gasteiger charge is -2.37. The van der Waals surface area contributed by atoms with Gasteiger partial charge in [0.2, 0.25) is 5.91 Å². The molecule has 0 atom stereocenters. The summed E-state index contributed by atoms with van der Waals surface area (Å²) < 4.78 is 10.9. The molecule has 0 spiro atoms. The van der Waals surface area contributed by atoms with Crippen LogP contribution in [0.15, 0.2) is 37.1 Å². The average Bonchev–Trinajstić information content (AvgIpc) is 3.13. The molecule has 2 saturated heterocycles. The van der Waals surface area contributed by atoms with Crippen LogP contribution in [0.5, 0.6) is 5.75 Å². The third kappa shape index (κ3) is 4.62. The number of hydrogen-bond donors (Lipinski definition) is 1. The van der Waals surface area contributed by atoms with E-state index in [1.54, 1.807) is 7.11 Å². The molecular weight excluding hydrogens is 408 g/mol. The molecule has 0 aromatic carbocycles. The second-order valence-electron chi connectivity index (χ2n) is 7.82. The van der Waals surface area contributed by atoms with E-state index in [-0.39, 0.29) is 5.91 Å². The maximum absolute atomic E-state index is 12.0. The maximum atomic E-state index is 12.0. The van der Waals surface area contributed by atoms with Gasteiger partial charge in [-0.3, -0.25) is 4.79 Å². The molecule has 0 radical (unpaired) electrons. The molecule has 9 heteroatoms. The van der Waals surface area contributed by atoms with Crippen molar-refractivity contribution >= 4 is 23.2 Å². The Labute approximate surface area is 188 Å². The van der Waals surface area contributed by atoms with Gasteiger partial charge in [0.15, 0.2) is 17.4 Å². The minimum Gasteiger partial charge on any atom is -0.493 e. The van der Waals surface area contributed by atoms with Crippen LogP contribution in [-0.2, 0) is 9.53 Å². The number of nitrogens with zero attached hydrogens (tertiary/aromatic N) is 5. The first-order chi connectivity index (χ1) is 15.6. The van der Waals surface area contributed by atoms with Crippen LogP contribution in [0.1, 0.15) is 6.42 Å². The van der Waals surface area contributed by atoms with Crippen LogP contribution in [0.4, 0.5) is 17.3 Å². The van der Waals surface area contributed by atoms with Crippen molar-refractivity contribution in [1.29, 1.82) is 0 Å². The fraction of sp³-hybridized carbons (Fsp3) is 0.435. The first-order valence-electron chi connectivity index (χ1n) is 10.9. The third-order valence-corrected chi connectivity index (χ3v) is 5.88. The summed E-state index contributed by atoms with van der Waals surface area (Å²) in [5.41, 5.74) is 8.72. The Balaban J connectivity index is 1.66. The highest BCUT2D eigenvalue weighted by molar-refractivity contribution is 5.87. The number of anilines is 3. The fourth-order valence-electron chi connectivity index (χ4n) is 4.11. The second kappa shape index (κ2) is 9.86. The van der Waals surface area contributed by atoms with Crippen molar-refractivity contribution in [3.8, 4) is 17.0 Å². The molecule has 2 aliphatic rings. The molecule has 0 saturated carbocycles. The summed E-state index contributed by atoms with van der Waals surface area (Å²) in [4.78, 5) is 27.7. The summed E-state index contributed by atoms with van der Waals surface area (Å²) in [6.07, 6.45) is 4.17. The molecule has 2 fully saturated rings. The van der Waals surface area contributed by atoms with E-state index in [1.807, 2.05) is 23.2 Å². The van der Waals surface area contributed by atoms with Gasteiger partial charge in [-0.05, 0) is 30.7 Å². The van der Waals surface area contributed by atoms with Gasteiger partial charge in [-0.15, -0.1) is 0 Å². The smallest absolute Gasteiger partial charge is 0.246 e. The maximum Gasteiger partial charge on any atom is 0.246 e. The summed E-state index contributed by atoms with van der Waals surface area (Å²) in [5, 5.41) is 0. The molecule has 9 nitrogen and oxygen atoms in total. The van der Waals surface area contributed by atoms with Crippen LogP contribution >= 0.6 is 0 Å². The number of piperazine rings is 1. The lowest BCUT2D eigenvalue weighted by molar-refractivity contribution is -0.126. The van der Waals surface area contributed by atoms with Crippen LogP contribution < -0.4 is 20.3 Å². The predicted octanol–water partition coefficient (Wildman–Crippen LogP) is 1.80. The van der Waals surface area contributed by atoms with Gasteiger partial charge in [-0.2, -0.15) is 0 Å². The molecule has 0 aliphatic carbocycles. The molecule has 170 valence electrons. The van der Waals surface area contributed by atoms with E-state index in [1.165, 1.54) is 6.08 Å². The highest BCUT2D eigenvalue weighted by atomic mass is 16.5. The van der Waals surface area contributed by atoms with Gasteiger partial charge in [-0.1, -0.05) is 6.58 Å². The molecular formula is C23H30N6O3. The minimum absolute atomic E-state index is 0.0268. The van der Waals surface area contributed by atoms with Crippen LogP contribution in [0, 0.1) is 0 Å². The molecule has 0 bridgehead atoms. The minimum atomic E-state index is -0.0268. The number of aromatic nitrogens is 2. The number of nitrogen functional groups attached to an aromatic ring is 1. The van der Waals surface area contributed by atoms with Crippen molar-refractivity contribution in [3.63, 3.8) is 0 Å². The number of carbonyl (C=O) groups excluding carboxylic acids is 1. The Morgan fingerprint density at radius 1 is 1.16 bits per heavy atom. The Morgan fingerprint density at radius 2 is 1.97 bits per heavy atom. The van der Waals surface area contributed by atoms with E-state index in [4.69, 9.17) is 20.2 Å². The van der Waals surface area contributed by atoms with Gasteiger partial charge in [0.05, 0.1) is 25.1 Å². The molecule has 4 rings (SSSR count). The number of carbonyl (C=O) groups is 1. The van der Waals surface area contributed by atoms with E-state index in [0.29, 0.717) is 31.3 Å². The number of hydrogen-bond acceptors (Lipinski definition) is 8. The number of pyridine rings is 2. The normalized spacial score (nSPS) is 17.1. The Hall–Kier alpha value is -3.33. The Bertz CT molecular complexity index is 966. The van der Waals surface area contributed by atoms with Gasteiger partial charge in [0.1, 0.15) is 0 Å². The topological polar surface area (TPSA) is 97.0 Å². The van der Waals surface area contributed by atoms with Gasteiger partial charge in [0, 0.05) is 57.6 Å². The van der Waals surface area contributed by atoms with Crippen molar-refractivity contribution in [2.45, 2.75) is 6.42 Å². The number of nitrogens with two attached hydrogens (primary N) is 1. The van der Waals surface area contributed by atoms with E-state index in [2.05, 4.69) is 27.4 Å². The van der Waals surface area contributed by atoms with Crippen molar-refractivity contribution < 1.29 is 14.3 Å². The zero-order valence-electron chi connectivity index (χ0n) is 18.5. The number of methoxy groups -OCH3 is 1. The molecule has 2 aliphatic heterocycles. The second-order valence-corrected chi connectivity index (χ2v) is 7.82. The first-order valence-corrected chi connectivity index (χ1v) is 10.9. The van der Waals surface area contributed by atoms with Gasteiger partial charge in [-0.25, -0.2) is 9.97 Å². The van der Waals surface area contributed by atoms with Crippen LogP contribution in [-0.4, -0.2) is 80.4 Å². The molecule has 32 heavy (non-hydrogen) atoms. The van der Waals surface area contributed by atoms with Crippen molar-refractivity contribution in [1.82, 2.24) is 14.9 Å². The molecule has 0 unspecified atom stereocenters. The van der Waals surface area contributed by atoms with Gasteiger partial charge >= 0.3 is 0 Å². The summed E-state index contributed by atoms with van der Waals surface area (Å²) in [6, 6.07) is 5.84. The van der Waals surface area contributed by atoms with E-state index in [0.717, 1.165) is 62.0 Å². The number of amides is 1. The SMILES string of the molecule is C=CC(=O)N1CCN(c2ncc(-c3ccc(OC)c(N)n3)cc2N2CCCOCC2)CC1. The summed E-state index contributed by atoms with van der Waals surface area (Å²) >= 11 is 0. The third-order valence-electron chi connectivity index (χ3n) is 5.88. The van der Waals surface area contributed by atoms with Gasteiger partial charge in [0.25, 0.3) is 0 Å². The first kappa shape index (κ1) is 21.9. The van der Waals surface area contributed by atoms with E-state index in [9.17, 15) is 4.79 Å². The molecule has 1 amide bonds. The Morgan fingerprint density at radius 3 is 2.69 bits per heavy atom. The zero-order chi connectivity index (χ0) is 22.5. The van der Waals surface area contributed by atoms with Gasteiger partial charge < -0.3 is 29.9 Å². The largest absolute Gasteiger partial charge is 0.493 e. The number of ether oxygens (including phenoxy) is 2. The van der Waals surface area contributed by atoms with Crippen molar-refractivity contribution in [2.24, 2.45) is 0 Å². The summed E-state index contributed by atoms with van der Waals surface area (Å²) in [5.74, 6) is 1.79. The standard InChI is InChI=1S/C23H30N6O3/c1-3-21(30)28-8-10-29(11-9-28)23-19(27-7-4-13-32-14-12-27)15-17(16-25-23)18-5-6-20(31-2)22(24)26-18/h3,5-6,15-16H,1,4,7-14H2,2H3,(H2,24,26). The highest BCUT2D eigenvalue weighted by Gasteiger charge is 2.25. The predicted molar refractivity (Wildman–Crippen MR) is 125 cm³/mol. The molecule has 2 aromatic rings. The monoisotopic (exact) mass is 438 g/mol. The molecule has 2 aromatic heterocycles. The highest BCUT2D eigenvalue weighted by Crippen LogP contribution is 2.34. The van der Waals surface area contributed by atoms with Crippen molar-refractivity contribution in [2.75, 3.05) is 75.1 Å². The lowest BCUT2D eigenvalue weighted by Crippen LogP contribution is -2.49. The Kier molecular flexibility index (Phi) is 6.75. The van der Waals surface area contributed by atoms with Crippen LogP contribution in [0.2, 0.25) is 0 Å². The van der Waals surface area contributed by atoms with E-state index < -0.39 is 0 Å². The zero-order valence-corrected chi connectivity index (χ0v) is 18.5. The fourth-order valence-corrected chi connectivity index (χ4v) is 4.11. The van der Waals surface area contributed by atoms with Crippen molar-refractivity contribution in [3.05, 3.63) is 37.1 Å². The average molecular weight is 439 g/mol. The quantitative estimate of drug-likeness (QED) is 0.706. The molecule has 2 N–H and O–H groups in total. The molecule has 4 heterocycles. The summed E-state index contributed by atoms with van der Waals surface area (Å²) in [7, 11) is 1.57. The summed E-state index contributed by atoms with van der Waals surface area (Å²) in [6.45, 7) is 9.46. The van der Waals surface area contributed by atoms with Crippen LogP contribution in [0.3, 0.4) is 0 Å². The number of rotatable bonds is 5. The van der Waals surface area contributed by atoms with E-state index >= 15 is 0 Å². The lowest BCUT2D eigenvalue weighted by atomic mass is 10.1. The van der Waals surface area contributed by atoms with Crippen LogP contribution in [0.25, 0.3) is 11.3 Å².